The van der Waals surface area contributed by atoms with Gasteiger partial charge in [-0.2, -0.15) is 0 Å². The zero-order chi connectivity index (χ0) is 22.0. The first-order chi connectivity index (χ1) is 14.3. The van der Waals surface area contributed by atoms with Gasteiger partial charge in [0.2, 0.25) is 0 Å². The molecule has 0 spiro atoms. The number of nitrogens with zero attached hydrogens (tertiary/aromatic N) is 3. The molecule has 3 rings (SSSR count). The molecule has 0 aliphatic carbocycles. The zero-order valence-electron chi connectivity index (χ0n) is 17.1. The quantitative estimate of drug-likeness (QED) is 0.650. The maximum atomic E-state index is 13.2. The summed E-state index contributed by atoms with van der Waals surface area (Å²) >= 11 is 6.12. The first-order valence-corrected chi connectivity index (χ1v) is 10.1. The Bertz CT molecular complexity index is 1300. The largest absolute Gasteiger partial charge is 0.332 e. The number of amides is 1. The highest BCUT2D eigenvalue weighted by Crippen LogP contribution is 2.22. The molecule has 0 aliphatic rings. The molecule has 2 heterocycles. The second-order valence-electron chi connectivity index (χ2n) is 6.98. The van der Waals surface area contributed by atoms with E-state index in [0.717, 1.165) is 10.6 Å². The molecule has 2 aromatic heterocycles. The normalized spacial score (nSPS) is 11.1. The molecule has 3 aromatic rings. The molecule has 0 aliphatic heterocycles. The molecule has 0 saturated heterocycles. The van der Waals surface area contributed by atoms with Crippen LogP contribution < -0.4 is 22.1 Å². The van der Waals surface area contributed by atoms with Gasteiger partial charge in [-0.1, -0.05) is 37.6 Å². The van der Waals surface area contributed by atoms with Crippen LogP contribution in [0.5, 0.6) is 0 Å². The summed E-state index contributed by atoms with van der Waals surface area (Å²) in [5, 5.41) is 3.01. The van der Waals surface area contributed by atoms with E-state index in [1.165, 1.54) is 16.2 Å². The van der Waals surface area contributed by atoms with Gasteiger partial charge in [0.05, 0.1) is 21.7 Å². The van der Waals surface area contributed by atoms with Gasteiger partial charge >= 0.3 is 5.69 Å². The number of pyridine rings is 1. The number of fused-ring (bicyclic) bond motifs is 1. The van der Waals surface area contributed by atoms with Crippen molar-refractivity contribution in [3.8, 4) is 0 Å². The van der Waals surface area contributed by atoms with Gasteiger partial charge in [-0.15, -0.1) is 0 Å². The van der Waals surface area contributed by atoms with Crippen molar-refractivity contribution in [3.05, 3.63) is 72.1 Å². The van der Waals surface area contributed by atoms with Crippen molar-refractivity contribution in [2.75, 3.05) is 5.32 Å². The summed E-state index contributed by atoms with van der Waals surface area (Å²) in [6, 6.07) is 7.81. The van der Waals surface area contributed by atoms with E-state index in [2.05, 4.69) is 5.32 Å². The Hall–Kier alpha value is -3.13. The third kappa shape index (κ3) is 3.70. The fourth-order valence-corrected chi connectivity index (χ4v) is 3.66. The van der Waals surface area contributed by atoms with Crippen LogP contribution in [0.2, 0.25) is 5.02 Å². The molecular weight excluding hydrogens is 408 g/mol. The number of aromatic nitrogens is 3. The number of para-hydroxylation sites is 1. The first-order valence-electron chi connectivity index (χ1n) is 9.75. The van der Waals surface area contributed by atoms with Crippen molar-refractivity contribution in [2.24, 2.45) is 7.05 Å². The minimum atomic E-state index is -0.646. The summed E-state index contributed by atoms with van der Waals surface area (Å²) in [7, 11) is 1.50. The van der Waals surface area contributed by atoms with Crippen molar-refractivity contribution in [1.82, 2.24) is 13.7 Å². The molecule has 158 valence electrons. The molecule has 1 aromatic carbocycles. The highest BCUT2D eigenvalue weighted by atomic mass is 35.5. The summed E-state index contributed by atoms with van der Waals surface area (Å²) < 4.78 is 3.71. The van der Waals surface area contributed by atoms with Crippen molar-refractivity contribution in [1.29, 1.82) is 0 Å². The summed E-state index contributed by atoms with van der Waals surface area (Å²) in [5.41, 5.74) is -1.18. The maximum absolute atomic E-state index is 13.2. The molecule has 0 atom stereocenters. The topological polar surface area (TPSA) is 95.1 Å². The number of rotatable bonds is 6. The highest BCUT2D eigenvalue weighted by molar-refractivity contribution is 6.34. The Morgan fingerprint density at radius 1 is 1.03 bits per heavy atom. The van der Waals surface area contributed by atoms with E-state index in [0.29, 0.717) is 30.1 Å². The van der Waals surface area contributed by atoms with Gasteiger partial charge < -0.3 is 5.32 Å². The molecule has 30 heavy (non-hydrogen) atoms. The summed E-state index contributed by atoms with van der Waals surface area (Å²) in [6.45, 7) is 4.25. The zero-order valence-corrected chi connectivity index (χ0v) is 17.8. The van der Waals surface area contributed by atoms with E-state index in [4.69, 9.17) is 11.6 Å². The number of hydrogen-bond donors (Lipinski definition) is 1. The summed E-state index contributed by atoms with van der Waals surface area (Å²) in [5.74, 6) is -0.646. The van der Waals surface area contributed by atoms with Crippen LogP contribution in [0.15, 0.2) is 44.7 Å². The molecule has 1 N–H and O–H groups in total. The summed E-state index contributed by atoms with van der Waals surface area (Å²) in [4.78, 5) is 51.9. The lowest BCUT2D eigenvalue weighted by Crippen LogP contribution is -2.42. The lowest BCUT2D eigenvalue weighted by atomic mass is 10.1. The van der Waals surface area contributed by atoms with E-state index >= 15 is 0 Å². The Labute approximate surface area is 177 Å². The number of anilines is 1. The van der Waals surface area contributed by atoms with Gasteiger partial charge in [0, 0.05) is 26.2 Å². The Morgan fingerprint density at radius 2 is 1.67 bits per heavy atom. The third-order valence-electron chi connectivity index (χ3n) is 4.84. The predicted molar refractivity (Wildman–Crippen MR) is 118 cm³/mol. The van der Waals surface area contributed by atoms with Gasteiger partial charge in [-0.3, -0.25) is 28.1 Å². The molecule has 0 unspecified atom stereocenters. The van der Waals surface area contributed by atoms with Crippen molar-refractivity contribution in [2.45, 2.75) is 39.8 Å². The van der Waals surface area contributed by atoms with Crippen LogP contribution in [-0.2, 0) is 20.1 Å². The number of benzene rings is 1. The van der Waals surface area contributed by atoms with E-state index in [-0.39, 0.29) is 23.1 Å². The molecule has 0 radical (unpaired) electrons. The minimum absolute atomic E-state index is 0.0307. The Morgan fingerprint density at radius 3 is 2.30 bits per heavy atom. The third-order valence-corrected chi connectivity index (χ3v) is 5.17. The number of aryl methyl sites for hydroxylation is 2. The van der Waals surface area contributed by atoms with Gasteiger partial charge in [0.25, 0.3) is 17.0 Å². The number of hydrogen-bond acceptors (Lipinski definition) is 4. The number of nitrogens with one attached hydrogen (secondary N) is 1. The van der Waals surface area contributed by atoms with E-state index in [1.807, 2.05) is 13.8 Å². The average molecular weight is 431 g/mol. The average Bonchev–Trinajstić information content (AvgIpc) is 2.72. The van der Waals surface area contributed by atoms with Crippen LogP contribution in [0.25, 0.3) is 11.0 Å². The smallest absolute Gasteiger partial charge is 0.321 e. The van der Waals surface area contributed by atoms with Gasteiger partial charge in [0.15, 0.2) is 0 Å². The van der Waals surface area contributed by atoms with Crippen molar-refractivity contribution < 1.29 is 4.79 Å². The fraction of sp³-hybridized carbons (Fsp3) is 0.333. The second kappa shape index (κ2) is 8.71. The SMILES string of the molecule is CCCn1c(=O)c2c(C(=O)Nc3ccccc3Cl)cc(=O)n(CCC)c2n(C)c1=O. The number of carbonyl (C=O) groups is 1. The van der Waals surface area contributed by atoms with Gasteiger partial charge in [-0.25, -0.2) is 4.79 Å². The number of halogens is 1. The van der Waals surface area contributed by atoms with Crippen molar-refractivity contribution >= 4 is 34.2 Å². The maximum Gasteiger partial charge on any atom is 0.332 e. The number of carbonyl (C=O) groups excluding carboxylic acids is 1. The standard InChI is InChI=1S/C21H23ClN4O4/c1-4-10-25-16(27)12-13(18(28)23-15-9-7-6-8-14(15)22)17-19(25)24(3)21(30)26(11-5-2)20(17)29/h6-9,12H,4-5,10-11H2,1-3H3,(H,23,28). The van der Waals surface area contributed by atoms with E-state index in [1.54, 1.807) is 24.3 Å². The lowest BCUT2D eigenvalue weighted by molar-refractivity contribution is 0.102. The lowest BCUT2D eigenvalue weighted by Gasteiger charge is -2.17. The van der Waals surface area contributed by atoms with Crippen molar-refractivity contribution in [3.63, 3.8) is 0 Å². The van der Waals surface area contributed by atoms with Crippen LogP contribution in [0, 0.1) is 0 Å². The fourth-order valence-electron chi connectivity index (χ4n) is 3.48. The van der Waals surface area contributed by atoms with Crippen LogP contribution in [0.4, 0.5) is 5.69 Å². The van der Waals surface area contributed by atoms with E-state index in [9.17, 15) is 19.2 Å². The molecule has 1 amide bonds. The highest BCUT2D eigenvalue weighted by Gasteiger charge is 2.22. The van der Waals surface area contributed by atoms with Gasteiger partial charge in [0.1, 0.15) is 5.65 Å². The molecular formula is C21H23ClN4O4. The van der Waals surface area contributed by atoms with Crippen LogP contribution in [0.3, 0.4) is 0 Å². The Balaban J connectivity index is 2.37. The Kier molecular flexibility index (Phi) is 6.26. The molecule has 8 nitrogen and oxygen atoms in total. The minimum Gasteiger partial charge on any atom is -0.321 e. The summed E-state index contributed by atoms with van der Waals surface area (Å²) in [6.07, 6.45) is 1.18. The second-order valence-corrected chi connectivity index (χ2v) is 7.39. The van der Waals surface area contributed by atoms with Crippen LogP contribution in [-0.4, -0.2) is 19.6 Å². The molecule has 0 bridgehead atoms. The first kappa shape index (κ1) is 21.6. The molecule has 0 fully saturated rings. The molecule has 9 heteroatoms. The molecule has 0 saturated carbocycles. The van der Waals surface area contributed by atoms with Crippen LogP contribution in [0.1, 0.15) is 37.0 Å². The van der Waals surface area contributed by atoms with E-state index < -0.39 is 22.7 Å². The monoisotopic (exact) mass is 430 g/mol. The predicted octanol–water partition coefficient (Wildman–Crippen LogP) is 2.59. The van der Waals surface area contributed by atoms with Crippen LogP contribution >= 0.6 is 11.6 Å². The van der Waals surface area contributed by atoms with Gasteiger partial charge in [-0.05, 0) is 25.0 Å².